The monoisotopic (exact) mass is 258 g/mol. The highest BCUT2D eigenvalue weighted by molar-refractivity contribution is 6.52. The van der Waals surface area contributed by atoms with Gasteiger partial charge in [-0.05, 0) is 37.0 Å². The van der Waals surface area contributed by atoms with Crippen LogP contribution in [0.3, 0.4) is 0 Å². The van der Waals surface area contributed by atoms with E-state index in [0.29, 0.717) is 5.56 Å². The Kier molecular flexibility index (Phi) is 2.81. The topological polar surface area (TPSA) is 40.6 Å². The van der Waals surface area contributed by atoms with E-state index < -0.39 is 11.7 Å². The Hall–Kier alpha value is -1.84. The number of amides is 1. The Bertz CT molecular complexity index is 545. The molecule has 0 spiro atoms. The van der Waals surface area contributed by atoms with Gasteiger partial charge in [0.05, 0.1) is 11.3 Å². The first-order valence-corrected chi connectivity index (χ1v) is 6.79. The van der Waals surface area contributed by atoms with E-state index in [4.69, 9.17) is 0 Å². The van der Waals surface area contributed by atoms with E-state index in [1.807, 2.05) is 12.1 Å². The highest BCUT2D eigenvalue weighted by Crippen LogP contribution is 2.33. The molecule has 100 valence electrons. The smallest absolute Gasteiger partial charge is 0.299 e. The Labute approximate surface area is 113 Å². The summed E-state index contributed by atoms with van der Waals surface area (Å²) in [6.07, 6.45) is 2.40. The number of Topliss-reactive ketones (excluding diaryl/α,β-unsaturated/α-hetero) is 1. The van der Waals surface area contributed by atoms with Gasteiger partial charge in [-0.1, -0.05) is 6.92 Å². The Morgan fingerprint density at radius 3 is 2.53 bits per heavy atom. The van der Waals surface area contributed by atoms with Gasteiger partial charge in [-0.2, -0.15) is 0 Å². The van der Waals surface area contributed by atoms with Crippen molar-refractivity contribution in [2.45, 2.75) is 19.8 Å². The van der Waals surface area contributed by atoms with Crippen LogP contribution >= 0.6 is 0 Å². The molecule has 0 saturated carbocycles. The van der Waals surface area contributed by atoms with E-state index in [2.05, 4.69) is 11.8 Å². The van der Waals surface area contributed by atoms with Crippen molar-refractivity contribution in [2.24, 2.45) is 5.92 Å². The molecule has 2 aliphatic heterocycles. The predicted octanol–water partition coefficient (Wildman–Crippen LogP) is 2.08. The van der Waals surface area contributed by atoms with Gasteiger partial charge < -0.3 is 9.80 Å². The molecule has 0 unspecified atom stereocenters. The molecule has 0 aliphatic carbocycles. The fourth-order valence-electron chi connectivity index (χ4n) is 2.83. The van der Waals surface area contributed by atoms with Crippen molar-refractivity contribution >= 4 is 23.1 Å². The molecule has 1 saturated heterocycles. The second-order valence-corrected chi connectivity index (χ2v) is 5.56. The van der Waals surface area contributed by atoms with Crippen molar-refractivity contribution in [3.05, 3.63) is 23.8 Å². The number of nitrogens with zero attached hydrogens (tertiary/aromatic N) is 2. The summed E-state index contributed by atoms with van der Waals surface area (Å²) in [5.41, 5.74) is 2.38. The fraction of sp³-hybridized carbons (Fsp3) is 0.467. The summed E-state index contributed by atoms with van der Waals surface area (Å²) in [5, 5.41) is 0. The number of hydrogen-bond acceptors (Lipinski definition) is 3. The molecule has 0 radical (unpaired) electrons. The molecule has 2 heterocycles. The predicted molar refractivity (Wildman–Crippen MR) is 74.8 cm³/mol. The molecule has 19 heavy (non-hydrogen) atoms. The summed E-state index contributed by atoms with van der Waals surface area (Å²) in [6, 6.07) is 5.71. The molecule has 2 aliphatic rings. The highest BCUT2D eigenvalue weighted by atomic mass is 16.2. The lowest BCUT2D eigenvalue weighted by Crippen LogP contribution is -2.32. The third-order valence-corrected chi connectivity index (χ3v) is 4.23. The van der Waals surface area contributed by atoms with E-state index >= 15 is 0 Å². The van der Waals surface area contributed by atoms with Crippen LogP contribution in [0.1, 0.15) is 30.1 Å². The number of carbonyl (C=O) groups excluding carboxylic acids is 2. The summed E-state index contributed by atoms with van der Waals surface area (Å²) in [6.45, 7) is 4.38. The minimum Gasteiger partial charge on any atom is -0.371 e. The summed E-state index contributed by atoms with van der Waals surface area (Å²) in [7, 11) is 1.66. The minimum absolute atomic E-state index is 0.392. The normalized spacial score (nSPS) is 20.1. The molecule has 1 aromatic carbocycles. The van der Waals surface area contributed by atoms with E-state index in [1.54, 1.807) is 13.1 Å². The Morgan fingerprint density at radius 1 is 1.16 bits per heavy atom. The molecule has 1 amide bonds. The van der Waals surface area contributed by atoms with Crippen molar-refractivity contribution in [2.75, 3.05) is 29.9 Å². The molecule has 0 N–H and O–H groups in total. The summed E-state index contributed by atoms with van der Waals surface area (Å²) >= 11 is 0. The van der Waals surface area contributed by atoms with Gasteiger partial charge in [-0.3, -0.25) is 9.59 Å². The van der Waals surface area contributed by atoms with E-state index in [9.17, 15) is 9.59 Å². The maximum Gasteiger partial charge on any atom is 0.299 e. The van der Waals surface area contributed by atoms with E-state index in [-0.39, 0.29) is 0 Å². The summed E-state index contributed by atoms with van der Waals surface area (Å²) in [5.74, 6) is -0.0350. The third-order valence-electron chi connectivity index (χ3n) is 4.23. The SMILES string of the molecule is CC1CCN(c2ccc3c(c2)N(C)C(=O)C3=O)CC1. The van der Waals surface area contributed by atoms with Gasteiger partial charge in [0.2, 0.25) is 0 Å². The van der Waals surface area contributed by atoms with Crippen LogP contribution in [-0.2, 0) is 4.79 Å². The second kappa shape index (κ2) is 4.37. The largest absolute Gasteiger partial charge is 0.371 e. The highest BCUT2D eigenvalue weighted by Gasteiger charge is 2.33. The number of hydrogen-bond donors (Lipinski definition) is 0. The van der Waals surface area contributed by atoms with Crippen LogP contribution in [-0.4, -0.2) is 31.8 Å². The first-order chi connectivity index (χ1) is 9.08. The Balaban J connectivity index is 1.91. The van der Waals surface area contributed by atoms with Crippen molar-refractivity contribution in [1.29, 1.82) is 0 Å². The summed E-state index contributed by atoms with van der Waals surface area (Å²) < 4.78 is 0. The molecule has 3 rings (SSSR count). The molecular formula is C15H18N2O2. The van der Waals surface area contributed by atoms with Crippen LogP contribution in [0.25, 0.3) is 0 Å². The van der Waals surface area contributed by atoms with Gasteiger partial charge in [-0.15, -0.1) is 0 Å². The quantitative estimate of drug-likeness (QED) is 0.724. The van der Waals surface area contributed by atoms with Crippen LogP contribution < -0.4 is 9.80 Å². The molecule has 1 aromatic rings. The van der Waals surface area contributed by atoms with Crippen molar-refractivity contribution in [1.82, 2.24) is 0 Å². The average Bonchev–Trinajstić information content (AvgIpc) is 2.64. The third kappa shape index (κ3) is 1.91. The van der Waals surface area contributed by atoms with Gasteiger partial charge in [0.15, 0.2) is 0 Å². The van der Waals surface area contributed by atoms with E-state index in [0.717, 1.165) is 30.4 Å². The molecule has 0 atom stereocenters. The van der Waals surface area contributed by atoms with Crippen LogP contribution in [0.5, 0.6) is 0 Å². The average molecular weight is 258 g/mol. The van der Waals surface area contributed by atoms with Gasteiger partial charge in [0.25, 0.3) is 11.7 Å². The Morgan fingerprint density at radius 2 is 1.84 bits per heavy atom. The fourth-order valence-corrected chi connectivity index (χ4v) is 2.83. The van der Waals surface area contributed by atoms with Gasteiger partial charge in [-0.25, -0.2) is 0 Å². The lowest BCUT2D eigenvalue weighted by atomic mass is 9.98. The van der Waals surface area contributed by atoms with Gasteiger partial charge in [0.1, 0.15) is 0 Å². The maximum absolute atomic E-state index is 11.7. The maximum atomic E-state index is 11.7. The van der Waals surface area contributed by atoms with Gasteiger partial charge >= 0.3 is 0 Å². The van der Waals surface area contributed by atoms with Crippen LogP contribution in [0.15, 0.2) is 18.2 Å². The van der Waals surface area contributed by atoms with Crippen molar-refractivity contribution in [3.63, 3.8) is 0 Å². The first-order valence-electron chi connectivity index (χ1n) is 6.79. The number of piperidine rings is 1. The zero-order valence-corrected chi connectivity index (χ0v) is 11.3. The second-order valence-electron chi connectivity index (χ2n) is 5.56. The number of benzene rings is 1. The molecule has 0 aromatic heterocycles. The number of rotatable bonds is 1. The lowest BCUT2D eigenvalue weighted by molar-refractivity contribution is -0.114. The van der Waals surface area contributed by atoms with Crippen LogP contribution in [0.4, 0.5) is 11.4 Å². The zero-order valence-electron chi connectivity index (χ0n) is 11.3. The van der Waals surface area contributed by atoms with Crippen molar-refractivity contribution in [3.8, 4) is 0 Å². The molecule has 0 bridgehead atoms. The first kappa shape index (κ1) is 12.2. The molecule has 4 heteroatoms. The number of likely N-dealkylation sites (N-methyl/N-ethyl adjacent to an activating group) is 1. The minimum atomic E-state index is -0.431. The lowest BCUT2D eigenvalue weighted by Gasteiger charge is -2.32. The number of carbonyl (C=O) groups is 2. The molecule has 1 fully saturated rings. The van der Waals surface area contributed by atoms with Crippen molar-refractivity contribution < 1.29 is 9.59 Å². The van der Waals surface area contributed by atoms with E-state index in [1.165, 1.54) is 17.7 Å². The molecule has 4 nitrogen and oxygen atoms in total. The summed E-state index contributed by atoms with van der Waals surface area (Å²) in [4.78, 5) is 27.2. The number of ketones is 1. The standard InChI is InChI=1S/C15H18N2O2/c1-10-5-7-17(8-6-10)11-3-4-12-13(9-11)16(2)15(19)14(12)18/h3-4,9-10H,5-8H2,1-2H3. The number of fused-ring (bicyclic) bond motifs is 1. The molecular weight excluding hydrogens is 240 g/mol. The van der Waals surface area contributed by atoms with Crippen LogP contribution in [0, 0.1) is 5.92 Å². The van der Waals surface area contributed by atoms with Crippen LogP contribution in [0.2, 0.25) is 0 Å². The number of anilines is 2. The zero-order chi connectivity index (χ0) is 13.6. The van der Waals surface area contributed by atoms with Gasteiger partial charge in [0, 0.05) is 25.8 Å².